The predicted octanol–water partition coefficient (Wildman–Crippen LogP) is 1.17. The van der Waals surface area contributed by atoms with E-state index < -0.39 is 0 Å². The van der Waals surface area contributed by atoms with E-state index in [4.69, 9.17) is 14.2 Å². The molecule has 3 nitrogen and oxygen atoms in total. The predicted molar refractivity (Wildman–Crippen MR) is 69.9 cm³/mol. The molecule has 0 aromatic heterocycles. The molecule has 92 valence electrons. The summed E-state index contributed by atoms with van der Waals surface area (Å²) in [5.74, 6) is 1.97. The SMILES string of the molecule is BCc1cc2c(c(OCCOC)c1)CCCO2. The van der Waals surface area contributed by atoms with E-state index in [1.165, 1.54) is 11.1 Å². The summed E-state index contributed by atoms with van der Waals surface area (Å²) in [6, 6.07) is 4.26. The van der Waals surface area contributed by atoms with Crippen molar-refractivity contribution >= 4 is 7.85 Å². The fourth-order valence-corrected chi connectivity index (χ4v) is 2.05. The van der Waals surface area contributed by atoms with Crippen molar-refractivity contribution in [2.45, 2.75) is 19.2 Å². The molecule has 0 amide bonds. The van der Waals surface area contributed by atoms with Crippen molar-refractivity contribution in [3.63, 3.8) is 0 Å². The summed E-state index contributed by atoms with van der Waals surface area (Å²) in [6.07, 6.45) is 3.11. The van der Waals surface area contributed by atoms with Gasteiger partial charge in [0, 0.05) is 12.7 Å². The van der Waals surface area contributed by atoms with Crippen LogP contribution in [0.5, 0.6) is 11.5 Å². The number of ether oxygens (including phenoxy) is 3. The average Bonchev–Trinajstić information content (AvgIpc) is 2.38. The van der Waals surface area contributed by atoms with Crippen molar-refractivity contribution < 1.29 is 14.2 Å². The van der Waals surface area contributed by atoms with E-state index in [1.807, 2.05) is 0 Å². The van der Waals surface area contributed by atoms with Crippen LogP contribution in [0.25, 0.3) is 0 Å². The monoisotopic (exact) mass is 234 g/mol. The molecule has 0 spiro atoms. The number of hydrogen-bond donors (Lipinski definition) is 0. The third-order valence-electron chi connectivity index (χ3n) is 3.01. The third kappa shape index (κ3) is 2.94. The Bertz CT molecular complexity index is 379. The standard InChI is InChI=1S/C13H19BO3/c1-15-5-6-17-13-8-10(9-14)7-12-11(13)3-2-4-16-12/h7-8H,2-6,9,14H2,1H3. The van der Waals surface area contributed by atoms with Crippen molar-refractivity contribution in [3.8, 4) is 11.5 Å². The summed E-state index contributed by atoms with van der Waals surface area (Å²) >= 11 is 0. The van der Waals surface area contributed by atoms with Crippen LogP contribution >= 0.6 is 0 Å². The number of rotatable bonds is 5. The lowest BCUT2D eigenvalue weighted by Gasteiger charge is -2.21. The number of fused-ring (bicyclic) bond motifs is 1. The summed E-state index contributed by atoms with van der Waals surface area (Å²) < 4.78 is 16.5. The highest BCUT2D eigenvalue weighted by atomic mass is 16.5. The Balaban J connectivity index is 2.21. The Kier molecular flexibility index (Phi) is 4.32. The van der Waals surface area contributed by atoms with Gasteiger partial charge in [-0.15, -0.1) is 0 Å². The molecule has 0 radical (unpaired) electrons. The maximum absolute atomic E-state index is 5.78. The maximum atomic E-state index is 5.78. The van der Waals surface area contributed by atoms with Gasteiger partial charge in [-0.3, -0.25) is 0 Å². The second kappa shape index (κ2) is 5.96. The van der Waals surface area contributed by atoms with Crippen LogP contribution in [0.3, 0.4) is 0 Å². The first kappa shape index (κ1) is 12.3. The van der Waals surface area contributed by atoms with Crippen molar-refractivity contribution in [2.24, 2.45) is 0 Å². The molecule has 17 heavy (non-hydrogen) atoms. The number of hydrogen-bond acceptors (Lipinski definition) is 3. The van der Waals surface area contributed by atoms with Gasteiger partial charge in [-0.2, -0.15) is 0 Å². The molecule has 0 aliphatic carbocycles. The first-order chi connectivity index (χ1) is 8.35. The van der Waals surface area contributed by atoms with Crippen molar-refractivity contribution in [3.05, 3.63) is 23.3 Å². The molecule has 0 saturated carbocycles. The van der Waals surface area contributed by atoms with E-state index in [1.54, 1.807) is 7.11 Å². The van der Waals surface area contributed by atoms with Gasteiger partial charge in [-0.25, -0.2) is 0 Å². The molecule has 1 aromatic carbocycles. The van der Waals surface area contributed by atoms with E-state index >= 15 is 0 Å². The zero-order valence-electron chi connectivity index (χ0n) is 10.6. The molecule has 4 heteroatoms. The smallest absolute Gasteiger partial charge is 0.126 e. The fourth-order valence-electron chi connectivity index (χ4n) is 2.05. The molecule has 1 aliphatic rings. The molecule has 0 unspecified atom stereocenters. The molecule has 1 heterocycles. The number of benzene rings is 1. The Hall–Kier alpha value is -1.16. The number of methoxy groups -OCH3 is 1. The van der Waals surface area contributed by atoms with E-state index in [-0.39, 0.29) is 0 Å². The normalized spacial score (nSPS) is 13.9. The van der Waals surface area contributed by atoms with Gasteiger partial charge in [0.1, 0.15) is 26.0 Å². The topological polar surface area (TPSA) is 27.7 Å². The molecule has 0 fully saturated rings. The second-order valence-corrected chi connectivity index (χ2v) is 4.22. The van der Waals surface area contributed by atoms with Gasteiger partial charge in [0.25, 0.3) is 0 Å². The van der Waals surface area contributed by atoms with Crippen LogP contribution in [0.15, 0.2) is 12.1 Å². The van der Waals surface area contributed by atoms with Crippen LogP contribution in [-0.2, 0) is 17.5 Å². The first-order valence-electron chi connectivity index (χ1n) is 6.25. The van der Waals surface area contributed by atoms with Crippen molar-refractivity contribution in [1.29, 1.82) is 0 Å². The van der Waals surface area contributed by atoms with E-state index in [0.717, 1.165) is 37.3 Å². The summed E-state index contributed by atoms with van der Waals surface area (Å²) in [5.41, 5.74) is 2.47. The summed E-state index contributed by atoms with van der Waals surface area (Å²) in [7, 11) is 3.83. The largest absolute Gasteiger partial charge is 0.493 e. The molecule has 2 rings (SSSR count). The molecule has 0 bridgehead atoms. The van der Waals surface area contributed by atoms with Gasteiger partial charge in [0.05, 0.1) is 13.2 Å². The second-order valence-electron chi connectivity index (χ2n) is 4.22. The Morgan fingerprint density at radius 1 is 1.35 bits per heavy atom. The molecule has 1 aliphatic heterocycles. The summed E-state index contributed by atoms with van der Waals surface area (Å²) in [6.45, 7) is 2.03. The quantitative estimate of drug-likeness (QED) is 0.565. The molecular weight excluding hydrogens is 215 g/mol. The lowest BCUT2D eigenvalue weighted by atomic mass is 9.93. The molecule has 0 N–H and O–H groups in total. The van der Waals surface area contributed by atoms with Gasteiger partial charge < -0.3 is 14.2 Å². The van der Waals surface area contributed by atoms with E-state index in [0.29, 0.717) is 13.2 Å². The zero-order chi connectivity index (χ0) is 12.1. The molecule has 0 saturated heterocycles. The third-order valence-corrected chi connectivity index (χ3v) is 3.01. The zero-order valence-corrected chi connectivity index (χ0v) is 10.6. The molecule has 1 aromatic rings. The van der Waals surface area contributed by atoms with Crippen LogP contribution in [0.2, 0.25) is 0 Å². The summed E-state index contributed by atoms with van der Waals surface area (Å²) in [5, 5.41) is 0. The average molecular weight is 234 g/mol. The maximum Gasteiger partial charge on any atom is 0.126 e. The van der Waals surface area contributed by atoms with Crippen LogP contribution in [-0.4, -0.2) is 34.8 Å². The Morgan fingerprint density at radius 3 is 3.00 bits per heavy atom. The lowest BCUT2D eigenvalue weighted by molar-refractivity contribution is 0.145. The minimum Gasteiger partial charge on any atom is -0.493 e. The Morgan fingerprint density at radius 2 is 2.24 bits per heavy atom. The van der Waals surface area contributed by atoms with Crippen molar-refractivity contribution in [2.75, 3.05) is 26.9 Å². The van der Waals surface area contributed by atoms with Gasteiger partial charge in [-0.05, 0) is 30.5 Å². The fraction of sp³-hybridized carbons (Fsp3) is 0.538. The highest BCUT2D eigenvalue weighted by molar-refractivity contribution is 6.08. The van der Waals surface area contributed by atoms with Crippen molar-refractivity contribution in [1.82, 2.24) is 0 Å². The van der Waals surface area contributed by atoms with Gasteiger partial charge in [0.2, 0.25) is 0 Å². The van der Waals surface area contributed by atoms with Crippen LogP contribution in [0.4, 0.5) is 0 Å². The minimum atomic E-state index is 0.593. The first-order valence-corrected chi connectivity index (χ1v) is 6.25. The highest BCUT2D eigenvalue weighted by Crippen LogP contribution is 2.34. The summed E-state index contributed by atoms with van der Waals surface area (Å²) in [4.78, 5) is 0. The molecule has 0 atom stereocenters. The molecular formula is C13H19BO3. The minimum absolute atomic E-state index is 0.593. The van der Waals surface area contributed by atoms with Crippen LogP contribution in [0, 0.1) is 0 Å². The van der Waals surface area contributed by atoms with Crippen LogP contribution < -0.4 is 9.47 Å². The van der Waals surface area contributed by atoms with E-state index in [9.17, 15) is 0 Å². The lowest BCUT2D eigenvalue weighted by Crippen LogP contribution is -2.12. The van der Waals surface area contributed by atoms with Gasteiger partial charge in [0.15, 0.2) is 0 Å². The Labute approximate surface area is 103 Å². The van der Waals surface area contributed by atoms with Crippen LogP contribution in [0.1, 0.15) is 17.5 Å². The van der Waals surface area contributed by atoms with Gasteiger partial charge in [-0.1, -0.05) is 6.32 Å². The van der Waals surface area contributed by atoms with E-state index in [2.05, 4.69) is 20.0 Å². The highest BCUT2D eigenvalue weighted by Gasteiger charge is 2.16. The van der Waals surface area contributed by atoms with Gasteiger partial charge >= 0.3 is 0 Å².